The molecule has 0 aromatic heterocycles. The van der Waals surface area contributed by atoms with E-state index in [1.165, 1.54) is 11.1 Å². The largest absolute Gasteiger partial charge is 0.370 e. The number of morpholine rings is 1. The molecule has 31 heavy (non-hydrogen) atoms. The Morgan fingerprint density at radius 2 is 1.84 bits per heavy atom. The van der Waals surface area contributed by atoms with Gasteiger partial charge in [-0.2, -0.15) is 0 Å². The molecule has 3 rings (SSSR count). The van der Waals surface area contributed by atoms with Crippen molar-refractivity contribution in [1.82, 2.24) is 14.9 Å². The summed E-state index contributed by atoms with van der Waals surface area (Å²) in [5.41, 5.74) is 3.41. The van der Waals surface area contributed by atoms with Gasteiger partial charge in [-0.3, -0.25) is 4.99 Å². The van der Waals surface area contributed by atoms with Gasteiger partial charge in [0, 0.05) is 26.7 Å². The number of hydrogen-bond donors (Lipinski definition) is 2. The topological polar surface area (TPSA) is 83.0 Å². The van der Waals surface area contributed by atoms with Crippen LogP contribution >= 0.6 is 24.0 Å². The van der Waals surface area contributed by atoms with Gasteiger partial charge in [0.05, 0.1) is 18.0 Å². The van der Waals surface area contributed by atoms with E-state index >= 15 is 0 Å². The summed E-state index contributed by atoms with van der Waals surface area (Å²) in [4.78, 5) is 6.78. The smallest absolute Gasteiger partial charge is 0.240 e. The van der Waals surface area contributed by atoms with Gasteiger partial charge in [0.2, 0.25) is 10.0 Å². The second kappa shape index (κ2) is 11.8. The molecule has 1 atom stereocenters. The third-order valence-corrected chi connectivity index (χ3v) is 6.62. The minimum absolute atomic E-state index is 0. The summed E-state index contributed by atoms with van der Waals surface area (Å²) in [7, 11) is -1.79. The molecule has 7 nitrogen and oxygen atoms in total. The summed E-state index contributed by atoms with van der Waals surface area (Å²) in [6.45, 7) is 6.75. The lowest BCUT2D eigenvalue weighted by molar-refractivity contribution is -0.00828. The van der Waals surface area contributed by atoms with Gasteiger partial charge < -0.3 is 15.0 Å². The number of halogens is 1. The number of rotatable bonds is 6. The Morgan fingerprint density at radius 3 is 2.52 bits per heavy atom. The lowest BCUT2D eigenvalue weighted by Gasteiger charge is -2.35. The van der Waals surface area contributed by atoms with E-state index in [-0.39, 0.29) is 41.5 Å². The Kier molecular flexibility index (Phi) is 9.73. The number of aliphatic imine (C=N–C) groups is 1. The van der Waals surface area contributed by atoms with E-state index in [1.54, 1.807) is 31.3 Å². The minimum Gasteiger partial charge on any atom is -0.370 e. The van der Waals surface area contributed by atoms with Crippen molar-refractivity contribution < 1.29 is 13.2 Å². The van der Waals surface area contributed by atoms with Crippen molar-refractivity contribution in [2.75, 3.05) is 39.8 Å². The number of guanidine groups is 1. The van der Waals surface area contributed by atoms with Gasteiger partial charge in [0.15, 0.2) is 5.96 Å². The van der Waals surface area contributed by atoms with Crippen LogP contribution in [0.5, 0.6) is 0 Å². The predicted octanol–water partition coefficient (Wildman–Crippen LogP) is 2.85. The van der Waals surface area contributed by atoms with Crippen LogP contribution in [-0.2, 0) is 14.8 Å². The van der Waals surface area contributed by atoms with E-state index in [2.05, 4.69) is 39.0 Å². The Morgan fingerprint density at radius 1 is 1.13 bits per heavy atom. The highest BCUT2D eigenvalue weighted by molar-refractivity contribution is 14.0. The maximum atomic E-state index is 12.4. The molecule has 0 spiro atoms. The molecular weight excluding hydrogens is 527 g/mol. The van der Waals surface area contributed by atoms with Crippen LogP contribution in [0, 0.1) is 13.8 Å². The van der Waals surface area contributed by atoms with Crippen molar-refractivity contribution in [3.05, 3.63) is 65.2 Å². The molecule has 2 N–H and O–H groups in total. The average molecular weight is 558 g/mol. The molecule has 0 saturated carbocycles. The summed E-state index contributed by atoms with van der Waals surface area (Å²) in [6, 6.07) is 15.0. The number of nitrogens with zero attached hydrogens (tertiary/aromatic N) is 2. The number of hydrogen-bond acceptors (Lipinski definition) is 4. The van der Waals surface area contributed by atoms with E-state index in [1.807, 2.05) is 19.1 Å². The zero-order valence-corrected chi connectivity index (χ0v) is 21.3. The zero-order chi connectivity index (χ0) is 21.6. The summed E-state index contributed by atoms with van der Waals surface area (Å²) in [6.07, 6.45) is -0.0152. The average Bonchev–Trinajstić information content (AvgIpc) is 2.74. The van der Waals surface area contributed by atoms with Crippen LogP contribution in [0.4, 0.5) is 0 Å². The van der Waals surface area contributed by atoms with Crippen LogP contribution in [0.1, 0.15) is 22.8 Å². The highest BCUT2D eigenvalue weighted by atomic mass is 127. The highest BCUT2D eigenvalue weighted by Crippen LogP contribution is 2.24. The van der Waals surface area contributed by atoms with Crippen LogP contribution in [-0.4, -0.2) is 59.1 Å². The van der Waals surface area contributed by atoms with Gasteiger partial charge in [-0.05, 0) is 37.1 Å². The Labute approximate surface area is 202 Å². The maximum absolute atomic E-state index is 12.4. The van der Waals surface area contributed by atoms with Crippen LogP contribution in [0.15, 0.2) is 58.4 Å². The maximum Gasteiger partial charge on any atom is 0.240 e. The fourth-order valence-electron chi connectivity index (χ4n) is 3.47. The first-order valence-corrected chi connectivity index (χ1v) is 11.6. The molecule has 2 aromatic rings. The molecule has 1 heterocycles. The van der Waals surface area contributed by atoms with Crippen molar-refractivity contribution in [3.63, 3.8) is 0 Å². The fourth-order valence-corrected chi connectivity index (χ4v) is 4.50. The van der Waals surface area contributed by atoms with Gasteiger partial charge in [0.25, 0.3) is 0 Å². The van der Waals surface area contributed by atoms with Gasteiger partial charge >= 0.3 is 0 Å². The number of nitrogens with one attached hydrogen (secondary N) is 2. The molecule has 0 amide bonds. The molecule has 0 aliphatic carbocycles. The van der Waals surface area contributed by atoms with Crippen LogP contribution < -0.4 is 10.0 Å². The standard InChI is InChI=1S/C22H30N4O3S.HI/c1-17-8-10-19(11-9-17)30(27,28)25-13-12-24-22(23-3)26-14-15-29-21(16-26)20-7-5-4-6-18(20)2;/h4-11,21,25H,12-16H2,1-3H3,(H,23,24);1H. The van der Waals surface area contributed by atoms with E-state index in [4.69, 9.17) is 4.74 Å². The molecule has 0 bridgehead atoms. The highest BCUT2D eigenvalue weighted by Gasteiger charge is 2.25. The summed E-state index contributed by atoms with van der Waals surface area (Å²) in [5.74, 6) is 0.742. The van der Waals surface area contributed by atoms with E-state index in [0.29, 0.717) is 19.7 Å². The van der Waals surface area contributed by atoms with Crippen molar-refractivity contribution in [1.29, 1.82) is 0 Å². The first-order chi connectivity index (χ1) is 14.4. The second-order valence-electron chi connectivity index (χ2n) is 7.35. The lowest BCUT2D eigenvalue weighted by atomic mass is 10.0. The van der Waals surface area contributed by atoms with Crippen molar-refractivity contribution in [2.45, 2.75) is 24.8 Å². The third-order valence-electron chi connectivity index (χ3n) is 5.14. The monoisotopic (exact) mass is 558 g/mol. The Hall–Kier alpha value is -1.69. The van der Waals surface area contributed by atoms with Gasteiger partial charge in [-0.25, -0.2) is 13.1 Å². The second-order valence-corrected chi connectivity index (χ2v) is 9.11. The third kappa shape index (κ3) is 6.90. The quantitative estimate of drug-likeness (QED) is 0.247. The number of benzene rings is 2. The number of sulfonamides is 1. The Bertz CT molecular complexity index is 981. The first-order valence-electron chi connectivity index (χ1n) is 10.1. The molecule has 1 unspecified atom stereocenters. The molecule has 1 fully saturated rings. The van der Waals surface area contributed by atoms with E-state index < -0.39 is 10.0 Å². The fraction of sp³-hybridized carbons (Fsp3) is 0.409. The lowest BCUT2D eigenvalue weighted by Crippen LogP contribution is -2.49. The molecule has 9 heteroatoms. The SMILES string of the molecule is CN=C(NCCNS(=O)(=O)c1ccc(C)cc1)N1CCOC(c2ccccc2C)C1.I. The predicted molar refractivity (Wildman–Crippen MR) is 135 cm³/mol. The number of ether oxygens (including phenoxy) is 1. The van der Waals surface area contributed by atoms with E-state index in [0.717, 1.165) is 18.1 Å². The summed E-state index contributed by atoms with van der Waals surface area (Å²) in [5, 5.41) is 3.25. The van der Waals surface area contributed by atoms with Crippen molar-refractivity contribution in [2.24, 2.45) is 4.99 Å². The number of aryl methyl sites for hydroxylation is 2. The van der Waals surface area contributed by atoms with Gasteiger partial charge in [0.1, 0.15) is 6.10 Å². The van der Waals surface area contributed by atoms with E-state index in [9.17, 15) is 8.42 Å². The molecule has 1 aliphatic heterocycles. The van der Waals surface area contributed by atoms with Gasteiger partial charge in [-0.15, -0.1) is 24.0 Å². The summed E-state index contributed by atoms with van der Waals surface area (Å²) < 4.78 is 33.4. The molecule has 1 saturated heterocycles. The minimum atomic E-state index is -3.52. The van der Waals surface area contributed by atoms with Crippen LogP contribution in [0.25, 0.3) is 0 Å². The van der Waals surface area contributed by atoms with Crippen LogP contribution in [0.3, 0.4) is 0 Å². The Balaban J connectivity index is 0.00000341. The molecule has 0 radical (unpaired) electrons. The first kappa shape index (κ1) is 25.6. The zero-order valence-electron chi connectivity index (χ0n) is 18.2. The molecular formula is C22H31IN4O3S. The summed E-state index contributed by atoms with van der Waals surface area (Å²) >= 11 is 0. The van der Waals surface area contributed by atoms with Crippen LogP contribution in [0.2, 0.25) is 0 Å². The molecule has 170 valence electrons. The molecule has 2 aromatic carbocycles. The van der Waals surface area contributed by atoms with Crippen molar-refractivity contribution >= 4 is 40.0 Å². The normalized spacial score (nSPS) is 17.2. The van der Waals surface area contributed by atoms with Crippen molar-refractivity contribution in [3.8, 4) is 0 Å². The van der Waals surface area contributed by atoms with Gasteiger partial charge in [-0.1, -0.05) is 42.0 Å². The molecule has 1 aliphatic rings.